The Balaban J connectivity index is 0.913. The van der Waals surface area contributed by atoms with Crippen molar-refractivity contribution < 1.29 is 29.0 Å². The second kappa shape index (κ2) is 18.3. The fourth-order valence-corrected chi connectivity index (χ4v) is 8.23. The van der Waals surface area contributed by atoms with Gasteiger partial charge in [-0.05, 0) is 72.2 Å². The topological polar surface area (TPSA) is 211 Å². The summed E-state index contributed by atoms with van der Waals surface area (Å²) in [7, 11) is 1.27. The third-order valence-electron chi connectivity index (χ3n) is 11.3. The van der Waals surface area contributed by atoms with Gasteiger partial charge in [0.15, 0.2) is 0 Å². The average Bonchev–Trinajstić information content (AvgIpc) is 4.14. The van der Waals surface area contributed by atoms with Crippen LogP contribution < -0.4 is 10.6 Å². The number of methoxy groups -OCH3 is 1. The van der Waals surface area contributed by atoms with E-state index in [0.29, 0.717) is 42.5 Å². The van der Waals surface area contributed by atoms with Crippen molar-refractivity contribution in [3.8, 4) is 33.6 Å². The van der Waals surface area contributed by atoms with E-state index in [1.807, 2.05) is 54.6 Å². The van der Waals surface area contributed by atoms with Crippen molar-refractivity contribution in [2.45, 2.75) is 62.7 Å². The van der Waals surface area contributed by atoms with Crippen LogP contribution in [0.2, 0.25) is 0 Å². The molecule has 312 valence electrons. The number of H-pyrrole nitrogens is 2. The summed E-state index contributed by atoms with van der Waals surface area (Å²) in [5.41, 5.74) is 6.88. The van der Waals surface area contributed by atoms with Crippen LogP contribution in [0.5, 0.6) is 0 Å². The molecule has 8 rings (SSSR count). The van der Waals surface area contributed by atoms with Gasteiger partial charge < -0.3 is 40.2 Å². The molecule has 6 aromatic rings. The quantitative estimate of drug-likeness (QED) is 0.0904. The molecule has 2 aliphatic rings. The number of hydrogen-bond donors (Lipinski definition) is 5. The number of carboxylic acid groups (broad SMARTS) is 1. The predicted molar refractivity (Wildman–Crippen MR) is 225 cm³/mol. The van der Waals surface area contributed by atoms with E-state index in [1.54, 1.807) is 52.8 Å². The molecule has 0 spiro atoms. The number of nitrogens with one attached hydrogen (secondary N) is 4. The number of carbonyl (C=O) groups excluding carboxylic acids is 3. The second-order valence-corrected chi connectivity index (χ2v) is 15.1. The molecule has 0 unspecified atom stereocenters. The van der Waals surface area contributed by atoms with Gasteiger partial charge in [0.05, 0.1) is 43.0 Å². The van der Waals surface area contributed by atoms with E-state index in [4.69, 9.17) is 9.72 Å². The first-order valence-electron chi connectivity index (χ1n) is 20.3. The zero-order valence-corrected chi connectivity index (χ0v) is 33.5. The molecule has 5 N–H and O–H groups in total. The Morgan fingerprint density at radius 1 is 0.656 bits per heavy atom. The molecule has 0 radical (unpaired) electrons. The lowest BCUT2D eigenvalue weighted by Gasteiger charge is -2.28. The number of pyridine rings is 2. The molecule has 0 aliphatic carbocycles. The van der Waals surface area contributed by atoms with Crippen molar-refractivity contribution in [2.75, 3.05) is 20.2 Å². The average molecular weight is 823 g/mol. The van der Waals surface area contributed by atoms with Crippen LogP contribution in [-0.4, -0.2) is 101 Å². The largest absolute Gasteiger partial charge is 0.465 e. The molecule has 6 heterocycles. The second-order valence-electron chi connectivity index (χ2n) is 15.1. The van der Waals surface area contributed by atoms with Crippen LogP contribution in [0.4, 0.5) is 9.59 Å². The fraction of sp³-hybridized carbons (Fsp3) is 0.289. The van der Waals surface area contributed by atoms with Gasteiger partial charge in [0.1, 0.15) is 23.7 Å². The summed E-state index contributed by atoms with van der Waals surface area (Å²) in [6.07, 6.45) is 8.28. The highest BCUT2D eigenvalue weighted by molar-refractivity contribution is 5.87. The smallest absolute Gasteiger partial charge is 0.407 e. The number of likely N-dealkylation sites (tertiary alicyclic amines) is 2. The maximum atomic E-state index is 13.9. The summed E-state index contributed by atoms with van der Waals surface area (Å²) in [5, 5.41) is 14.6. The van der Waals surface area contributed by atoms with Gasteiger partial charge in [-0.25, -0.2) is 19.6 Å². The van der Waals surface area contributed by atoms with Crippen LogP contribution in [0.25, 0.3) is 33.6 Å². The maximum absolute atomic E-state index is 13.9. The Morgan fingerprint density at radius 2 is 1.10 bits per heavy atom. The standard InChI is InChI=1S/C45H46N10O6/c1-61-45(60)53-35(25-33-9-3-5-21-47-33)43(57)55-23-7-11-39(55)41-49-27-37(51-41)31-18-14-29(15-19-31)28-12-16-30(17-13-28)36-26-48-40(50-36)38-10-6-22-54(38)42(56)34(52-44(58)59)24-32-8-2-4-20-46-32/h2-5,8-9,12-21,26-27,34-35,38-39,52H,6-7,10-11,22-25H2,1H3,(H,48,50)(H,49,51)(H,53,60)(H,58,59)/t34-,35-,38-,39-/m0/s1. The summed E-state index contributed by atoms with van der Waals surface area (Å²) < 4.78 is 4.82. The molecular formula is C45H46N10O6. The number of ether oxygens (including phenoxy) is 1. The molecular weight excluding hydrogens is 777 g/mol. The Kier molecular flexibility index (Phi) is 12.1. The molecule has 4 atom stereocenters. The number of carbonyl (C=O) groups is 4. The fourth-order valence-electron chi connectivity index (χ4n) is 8.23. The Labute approximate surface area is 351 Å². The highest BCUT2D eigenvalue weighted by Crippen LogP contribution is 2.35. The van der Waals surface area contributed by atoms with Crippen molar-refractivity contribution in [1.82, 2.24) is 50.3 Å². The first-order chi connectivity index (χ1) is 29.7. The third kappa shape index (κ3) is 9.28. The molecule has 2 aromatic carbocycles. The number of hydrogen-bond acceptors (Lipinski definition) is 9. The Bertz CT molecular complexity index is 2460. The number of aromatic nitrogens is 6. The molecule has 0 bridgehead atoms. The van der Waals surface area contributed by atoms with Crippen molar-refractivity contribution in [2.24, 2.45) is 0 Å². The Hall–Kier alpha value is -7.36. The minimum Gasteiger partial charge on any atom is -0.465 e. The van der Waals surface area contributed by atoms with Crippen LogP contribution in [0.15, 0.2) is 110 Å². The minimum atomic E-state index is -1.26. The molecule has 4 amide bonds. The third-order valence-corrected chi connectivity index (χ3v) is 11.3. The molecule has 16 heteroatoms. The zero-order valence-electron chi connectivity index (χ0n) is 33.5. The molecule has 61 heavy (non-hydrogen) atoms. The van der Waals surface area contributed by atoms with Gasteiger partial charge in [0.2, 0.25) is 11.8 Å². The van der Waals surface area contributed by atoms with Crippen LogP contribution in [0.1, 0.15) is 60.8 Å². The van der Waals surface area contributed by atoms with Gasteiger partial charge in [-0.1, -0.05) is 60.7 Å². The highest BCUT2D eigenvalue weighted by Gasteiger charge is 2.38. The lowest BCUT2D eigenvalue weighted by atomic mass is 10.0. The van der Waals surface area contributed by atoms with Crippen molar-refractivity contribution in [3.05, 3.63) is 133 Å². The van der Waals surface area contributed by atoms with Crippen LogP contribution in [-0.2, 0) is 27.2 Å². The van der Waals surface area contributed by atoms with Gasteiger partial charge in [-0.2, -0.15) is 0 Å². The van der Waals surface area contributed by atoms with Gasteiger partial charge >= 0.3 is 12.2 Å². The van der Waals surface area contributed by atoms with Crippen LogP contribution >= 0.6 is 0 Å². The highest BCUT2D eigenvalue weighted by atomic mass is 16.5. The summed E-state index contributed by atoms with van der Waals surface area (Å²) in [6, 6.07) is 24.7. The number of benzene rings is 2. The zero-order chi connectivity index (χ0) is 42.3. The summed E-state index contributed by atoms with van der Waals surface area (Å²) in [6.45, 7) is 1.04. The van der Waals surface area contributed by atoms with Crippen LogP contribution in [0.3, 0.4) is 0 Å². The molecule has 4 aromatic heterocycles. The first-order valence-corrected chi connectivity index (χ1v) is 20.3. The number of rotatable bonds is 13. The lowest BCUT2D eigenvalue weighted by Crippen LogP contribution is -2.49. The molecule has 16 nitrogen and oxygen atoms in total. The van der Waals surface area contributed by atoms with E-state index in [0.717, 1.165) is 52.9 Å². The van der Waals surface area contributed by atoms with E-state index < -0.39 is 24.3 Å². The molecule has 0 saturated carbocycles. The number of imidazole rings is 2. The monoisotopic (exact) mass is 822 g/mol. The van der Waals surface area contributed by atoms with Crippen LogP contribution in [0, 0.1) is 0 Å². The van der Waals surface area contributed by atoms with E-state index in [-0.39, 0.29) is 36.7 Å². The van der Waals surface area contributed by atoms with E-state index in [2.05, 4.69) is 47.7 Å². The summed E-state index contributed by atoms with van der Waals surface area (Å²) in [5.74, 6) is 0.818. The summed E-state index contributed by atoms with van der Waals surface area (Å²) >= 11 is 0. The number of alkyl carbamates (subject to hydrolysis) is 1. The SMILES string of the molecule is COC(=O)N[C@@H](Cc1ccccn1)C(=O)N1CCC[C@H]1c1ncc(-c2ccc(-c3ccc(-c4cnc([C@@H]5CCCN5C(=O)[C@H](Cc5ccccn5)NC(=O)O)[nH]4)cc3)cc2)[nH]1. The van der Waals surface area contributed by atoms with Gasteiger partial charge in [0.25, 0.3) is 0 Å². The van der Waals surface area contributed by atoms with Gasteiger partial charge in [-0.3, -0.25) is 19.6 Å². The lowest BCUT2D eigenvalue weighted by molar-refractivity contribution is -0.135. The summed E-state index contributed by atoms with van der Waals surface area (Å²) in [4.78, 5) is 79.7. The van der Waals surface area contributed by atoms with Crippen molar-refractivity contribution in [1.29, 1.82) is 0 Å². The van der Waals surface area contributed by atoms with E-state index in [1.165, 1.54) is 7.11 Å². The number of aromatic amines is 2. The van der Waals surface area contributed by atoms with Gasteiger partial charge in [-0.15, -0.1) is 0 Å². The van der Waals surface area contributed by atoms with Crippen molar-refractivity contribution in [3.63, 3.8) is 0 Å². The maximum Gasteiger partial charge on any atom is 0.407 e. The number of nitrogens with zero attached hydrogens (tertiary/aromatic N) is 6. The van der Waals surface area contributed by atoms with E-state index in [9.17, 15) is 24.3 Å². The number of amides is 4. The van der Waals surface area contributed by atoms with E-state index >= 15 is 0 Å². The first kappa shape index (κ1) is 40.4. The molecule has 2 fully saturated rings. The molecule has 2 saturated heterocycles. The Morgan fingerprint density at radius 3 is 1.51 bits per heavy atom. The van der Waals surface area contributed by atoms with Crippen molar-refractivity contribution >= 4 is 24.0 Å². The molecule has 2 aliphatic heterocycles. The van der Waals surface area contributed by atoms with Gasteiger partial charge in [0, 0.05) is 49.7 Å². The normalized spacial score (nSPS) is 17.1. The minimum absolute atomic E-state index is 0.148. The predicted octanol–water partition coefficient (Wildman–Crippen LogP) is 6.10.